The molecule has 0 aliphatic carbocycles. The fourth-order valence-corrected chi connectivity index (χ4v) is 3.76. The molecule has 0 radical (unpaired) electrons. The van der Waals surface area contributed by atoms with E-state index < -0.39 is 11.7 Å². The smallest absolute Gasteiger partial charge is 0.355 e. The summed E-state index contributed by atoms with van der Waals surface area (Å²) in [5, 5.41) is 8.20. The topological polar surface area (TPSA) is 80.0 Å². The third-order valence-electron chi connectivity index (χ3n) is 5.52. The summed E-state index contributed by atoms with van der Waals surface area (Å²) in [5.41, 5.74) is 0.336. The molecule has 1 fully saturated rings. The summed E-state index contributed by atoms with van der Waals surface area (Å²) in [6, 6.07) is 5.77. The van der Waals surface area contributed by atoms with Crippen molar-refractivity contribution in [1.29, 1.82) is 0 Å². The number of carbonyl (C=O) groups excluding carboxylic acids is 1. The molecule has 1 amide bonds. The van der Waals surface area contributed by atoms with E-state index in [1.807, 2.05) is 11.8 Å². The first-order valence-corrected chi connectivity index (χ1v) is 10.1. The van der Waals surface area contributed by atoms with E-state index in [9.17, 15) is 18.0 Å². The zero-order chi connectivity index (χ0) is 22.9. The van der Waals surface area contributed by atoms with Gasteiger partial charge in [-0.05, 0) is 44.0 Å². The standard InChI is InChI=1S/C21H22F3N7O/c1-14-5-7-17(19(28-14)31-26-9-10-27-31)20(32)30-11-3-4-16(13-30)29(2)18-8-6-15(12-25-18)21(22,23)24/h5-10,12,16H,3-4,11,13H2,1-2H3. The van der Waals surface area contributed by atoms with Crippen LogP contribution in [0.2, 0.25) is 0 Å². The maximum atomic E-state index is 13.3. The number of carbonyl (C=O) groups is 1. The van der Waals surface area contributed by atoms with Crippen molar-refractivity contribution in [2.24, 2.45) is 0 Å². The average Bonchev–Trinajstić information content (AvgIpc) is 3.32. The first kappa shape index (κ1) is 21.7. The number of likely N-dealkylation sites (tertiary alicyclic amines) is 1. The Labute approximate surface area is 182 Å². The molecule has 3 aromatic rings. The van der Waals surface area contributed by atoms with E-state index in [2.05, 4.69) is 20.2 Å². The molecule has 0 aromatic carbocycles. The number of aryl methyl sites for hydroxylation is 1. The number of piperidine rings is 1. The van der Waals surface area contributed by atoms with Crippen molar-refractivity contribution in [3.63, 3.8) is 0 Å². The Bertz CT molecular complexity index is 1080. The highest BCUT2D eigenvalue weighted by molar-refractivity contribution is 5.97. The van der Waals surface area contributed by atoms with Crippen LogP contribution < -0.4 is 4.90 Å². The summed E-state index contributed by atoms with van der Waals surface area (Å²) in [5.74, 6) is 0.596. The molecule has 1 atom stereocenters. The van der Waals surface area contributed by atoms with Crippen molar-refractivity contribution < 1.29 is 18.0 Å². The molecule has 1 saturated heterocycles. The molecule has 4 heterocycles. The van der Waals surface area contributed by atoms with Crippen LogP contribution in [0.3, 0.4) is 0 Å². The zero-order valence-electron chi connectivity index (χ0n) is 17.6. The number of hydrogen-bond acceptors (Lipinski definition) is 6. The van der Waals surface area contributed by atoms with Gasteiger partial charge in [-0.1, -0.05) is 0 Å². The third kappa shape index (κ3) is 4.41. The summed E-state index contributed by atoms with van der Waals surface area (Å²) in [4.78, 5) is 26.6. The van der Waals surface area contributed by atoms with Gasteiger partial charge in [0.2, 0.25) is 0 Å². The highest BCUT2D eigenvalue weighted by Crippen LogP contribution is 2.30. The lowest BCUT2D eigenvalue weighted by Crippen LogP contribution is -2.49. The zero-order valence-corrected chi connectivity index (χ0v) is 17.6. The SMILES string of the molecule is Cc1ccc(C(=O)N2CCCC(N(C)c3ccc(C(F)(F)F)cn3)C2)c(-n2nccn2)n1. The molecule has 0 bridgehead atoms. The van der Waals surface area contributed by atoms with E-state index in [4.69, 9.17) is 0 Å². The summed E-state index contributed by atoms with van der Waals surface area (Å²) < 4.78 is 38.5. The second kappa shape index (κ2) is 8.56. The maximum absolute atomic E-state index is 13.3. The Morgan fingerprint density at radius 1 is 1.16 bits per heavy atom. The summed E-state index contributed by atoms with van der Waals surface area (Å²) in [6.45, 7) is 2.81. The number of anilines is 1. The second-order valence-corrected chi connectivity index (χ2v) is 7.70. The average molecular weight is 445 g/mol. The quantitative estimate of drug-likeness (QED) is 0.614. The molecule has 11 heteroatoms. The number of nitrogens with zero attached hydrogens (tertiary/aromatic N) is 7. The molecular formula is C21H22F3N7O. The van der Waals surface area contributed by atoms with E-state index in [0.717, 1.165) is 30.8 Å². The van der Waals surface area contributed by atoms with Crippen LogP contribution in [0.5, 0.6) is 0 Å². The van der Waals surface area contributed by atoms with Crippen molar-refractivity contribution in [2.45, 2.75) is 32.0 Å². The third-order valence-corrected chi connectivity index (χ3v) is 5.52. The van der Waals surface area contributed by atoms with E-state index in [0.29, 0.717) is 30.3 Å². The van der Waals surface area contributed by atoms with Gasteiger partial charge in [-0.3, -0.25) is 4.79 Å². The maximum Gasteiger partial charge on any atom is 0.417 e. The van der Waals surface area contributed by atoms with Gasteiger partial charge >= 0.3 is 6.18 Å². The highest BCUT2D eigenvalue weighted by atomic mass is 19.4. The number of rotatable bonds is 4. The molecule has 8 nitrogen and oxygen atoms in total. The Kier molecular flexibility index (Phi) is 5.81. The van der Waals surface area contributed by atoms with Crippen LogP contribution in [0.15, 0.2) is 42.9 Å². The van der Waals surface area contributed by atoms with E-state index in [-0.39, 0.29) is 11.9 Å². The van der Waals surface area contributed by atoms with E-state index >= 15 is 0 Å². The minimum absolute atomic E-state index is 0.0818. The van der Waals surface area contributed by atoms with Gasteiger partial charge in [0, 0.05) is 38.1 Å². The van der Waals surface area contributed by atoms with Crippen molar-refractivity contribution >= 4 is 11.7 Å². The lowest BCUT2D eigenvalue weighted by molar-refractivity contribution is -0.137. The molecule has 0 N–H and O–H groups in total. The highest BCUT2D eigenvalue weighted by Gasteiger charge is 2.32. The number of aromatic nitrogens is 5. The molecule has 0 spiro atoms. The normalized spacial score (nSPS) is 16.8. The largest absolute Gasteiger partial charge is 0.417 e. The van der Waals surface area contributed by atoms with Gasteiger partial charge in [-0.25, -0.2) is 9.97 Å². The number of pyridine rings is 2. The monoisotopic (exact) mass is 445 g/mol. The minimum atomic E-state index is -4.43. The van der Waals surface area contributed by atoms with Gasteiger partial charge in [-0.15, -0.1) is 4.80 Å². The number of likely N-dealkylation sites (N-methyl/N-ethyl adjacent to an activating group) is 1. The number of hydrogen-bond donors (Lipinski definition) is 0. The van der Waals surface area contributed by atoms with Crippen LogP contribution in [0.25, 0.3) is 5.82 Å². The molecule has 32 heavy (non-hydrogen) atoms. The summed E-state index contributed by atoms with van der Waals surface area (Å²) in [6.07, 6.45) is 0.988. The van der Waals surface area contributed by atoms with Gasteiger partial charge in [0.15, 0.2) is 5.82 Å². The molecule has 0 saturated carbocycles. The van der Waals surface area contributed by atoms with E-state index in [1.54, 1.807) is 24.1 Å². The Hall–Kier alpha value is -3.50. The van der Waals surface area contributed by atoms with Crippen LogP contribution >= 0.6 is 0 Å². The van der Waals surface area contributed by atoms with Crippen molar-refractivity contribution in [3.05, 3.63) is 59.7 Å². The van der Waals surface area contributed by atoms with Gasteiger partial charge in [0.1, 0.15) is 5.82 Å². The minimum Gasteiger partial charge on any atom is -0.355 e. The molecule has 1 unspecified atom stereocenters. The second-order valence-electron chi connectivity index (χ2n) is 7.70. The van der Waals surface area contributed by atoms with Crippen molar-refractivity contribution in [3.8, 4) is 5.82 Å². The van der Waals surface area contributed by atoms with Crippen LogP contribution in [-0.4, -0.2) is 61.9 Å². The fraction of sp³-hybridized carbons (Fsp3) is 0.381. The number of amides is 1. The molecule has 4 rings (SSSR count). The van der Waals surface area contributed by atoms with Crippen LogP contribution in [0, 0.1) is 6.92 Å². The van der Waals surface area contributed by atoms with Crippen LogP contribution in [-0.2, 0) is 6.18 Å². The van der Waals surface area contributed by atoms with Gasteiger partial charge < -0.3 is 9.80 Å². The van der Waals surface area contributed by atoms with Crippen molar-refractivity contribution in [2.75, 3.05) is 25.0 Å². The first-order chi connectivity index (χ1) is 15.2. The first-order valence-electron chi connectivity index (χ1n) is 10.1. The van der Waals surface area contributed by atoms with E-state index in [1.165, 1.54) is 23.3 Å². The predicted octanol–water partition coefficient (Wildman–Crippen LogP) is 3.13. The summed E-state index contributed by atoms with van der Waals surface area (Å²) in [7, 11) is 1.78. The fourth-order valence-electron chi connectivity index (χ4n) is 3.76. The van der Waals surface area contributed by atoms with Gasteiger partial charge in [0.05, 0.1) is 23.5 Å². The lowest BCUT2D eigenvalue weighted by atomic mass is 10.0. The Balaban J connectivity index is 1.53. The van der Waals surface area contributed by atoms with Crippen molar-refractivity contribution in [1.82, 2.24) is 29.9 Å². The van der Waals surface area contributed by atoms with Crippen LogP contribution in [0.1, 0.15) is 34.5 Å². The number of halogens is 3. The lowest BCUT2D eigenvalue weighted by Gasteiger charge is -2.38. The van der Waals surface area contributed by atoms with Gasteiger partial charge in [-0.2, -0.15) is 23.4 Å². The predicted molar refractivity (Wildman–Crippen MR) is 110 cm³/mol. The van der Waals surface area contributed by atoms with Gasteiger partial charge in [0.25, 0.3) is 5.91 Å². The molecule has 1 aliphatic heterocycles. The summed E-state index contributed by atoms with van der Waals surface area (Å²) >= 11 is 0. The molecule has 168 valence electrons. The molecule has 1 aliphatic rings. The van der Waals surface area contributed by atoms with Crippen LogP contribution in [0.4, 0.5) is 19.0 Å². The Morgan fingerprint density at radius 2 is 1.91 bits per heavy atom. The molecule has 3 aromatic heterocycles. The Morgan fingerprint density at radius 3 is 2.56 bits per heavy atom. The molecular weight excluding hydrogens is 423 g/mol. The number of alkyl halides is 3.